The number of hydrogen-bond donors (Lipinski definition) is 2. The van der Waals surface area contributed by atoms with E-state index in [0.29, 0.717) is 0 Å². The summed E-state index contributed by atoms with van der Waals surface area (Å²) >= 11 is 3.72. The number of aromatic amines is 2. The highest BCUT2D eigenvalue weighted by Crippen LogP contribution is 2.44. The van der Waals surface area contributed by atoms with Crippen LogP contribution in [0.3, 0.4) is 0 Å². The Morgan fingerprint density at radius 2 is 0.605 bits per heavy atom. The maximum absolute atomic E-state index is 5.81. The normalized spacial score (nSPS) is 13.0. The number of H-pyrrole nitrogens is 2. The standard InChI is InChI=1S/C80H106N4S2/c1-15-17-19-21-23-25-27-29-31-33-35-55-45-71(85-53-55)75-67-41-37-63(81-67)73(57-47-59(77(3,4)5)51-60(48-57)78(6,7)8)65-39-43-69(83-65)76(72-46-56(54-86-72)36-34-32-30-28-26-24-22-20-18-16-2)70-44-40-66(84-70)74(64-38-42-68(75)82-64)58-49-61(79(9,10)11)52-62(50-58)80(12,13)14/h37-54,81,83H,15-36H2,1-14H3. The third kappa shape index (κ3) is 16.6. The van der Waals surface area contributed by atoms with Crippen LogP contribution in [0.15, 0.2) is 83.6 Å². The Balaban J connectivity index is 1.25. The molecule has 4 nitrogen and oxygen atoms in total. The molecule has 5 aromatic heterocycles. The van der Waals surface area contributed by atoms with E-state index in [1.807, 2.05) is 22.7 Å². The minimum absolute atomic E-state index is 0.0609. The SMILES string of the molecule is CCCCCCCCCCCCc1csc(-c2c3nc(c(-c4cc(C(C)(C)C)cc(C(C)(C)C)c4)c4nc(c(-c5cc(CCCCCCCCCCCC)cs5)c5ccc([nH]5)c(-c5cc(C(C)(C)C)cc(C(C)(C)C)c5)c5ccc2[nH]5)C=C4)C=C3)c1. The van der Waals surface area contributed by atoms with E-state index in [1.54, 1.807) is 0 Å². The van der Waals surface area contributed by atoms with Gasteiger partial charge in [-0.1, -0.05) is 249 Å². The van der Waals surface area contributed by atoms with Crippen LogP contribution in [0, 0.1) is 0 Å². The zero-order chi connectivity index (χ0) is 61.2. The highest BCUT2D eigenvalue weighted by Gasteiger charge is 2.27. The molecule has 7 heterocycles. The summed E-state index contributed by atoms with van der Waals surface area (Å²) in [7, 11) is 0. The van der Waals surface area contributed by atoms with Crippen LogP contribution in [0.4, 0.5) is 0 Å². The van der Waals surface area contributed by atoms with Gasteiger partial charge in [-0.05, 0) is 163 Å². The van der Waals surface area contributed by atoms with Gasteiger partial charge in [0.2, 0.25) is 0 Å². The number of rotatable bonds is 26. The molecule has 0 fully saturated rings. The Labute approximate surface area is 528 Å². The van der Waals surface area contributed by atoms with Gasteiger partial charge in [-0.25, -0.2) is 9.97 Å². The summed E-state index contributed by atoms with van der Waals surface area (Å²) in [5, 5.41) is 4.82. The molecule has 6 heteroatoms. The second kappa shape index (κ2) is 28.7. The lowest BCUT2D eigenvalue weighted by molar-refractivity contribution is 0.556. The van der Waals surface area contributed by atoms with Crippen LogP contribution in [0.25, 0.3) is 89.5 Å². The number of aryl methyl sites for hydroxylation is 2. The predicted molar refractivity (Wildman–Crippen MR) is 382 cm³/mol. The summed E-state index contributed by atoms with van der Waals surface area (Å²) in [6.45, 7) is 32.7. The van der Waals surface area contributed by atoms with Crippen LogP contribution in [0.1, 0.15) is 282 Å². The third-order valence-electron chi connectivity index (χ3n) is 18.1. The van der Waals surface area contributed by atoms with Crippen molar-refractivity contribution in [3.8, 4) is 43.1 Å². The highest BCUT2D eigenvalue weighted by molar-refractivity contribution is 7.14. The Hall–Kier alpha value is -5.56. The Morgan fingerprint density at radius 3 is 0.919 bits per heavy atom. The molecule has 0 spiro atoms. The number of thiophene rings is 2. The Kier molecular flexibility index (Phi) is 21.7. The molecule has 2 aliphatic heterocycles. The number of aromatic nitrogens is 4. The fourth-order valence-corrected chi connectivity index (χ4v) is 14.5. The smallest absolute Gasteiger partial charge is 0.0745 e. The molecule has 8 bridgehead atoms. The molecule has 2 N–H and O–H groups in total. The van der Waals surface area contributed by atoms with Crippen molar-refractivity contribution >= 4 is 69.0 Å². The minimum atomic E-state index is -0.0730. The van der Waals surface area contributed by atoms with E-state index in [4.69, 9.17) is 9.97 Å². The molecular weight excluding hydrogens is 1080 g/mol. The van der Waals surface area contributed by atoms with E-state index in [2.05, 4.69) is 215 Å². The maximum Gasteiger partial charge on any atom is 0.0745 e. The fraction of sp³-hybridized carbons (Fsp3) is 0.500. The number of hydrogen-bond acceptors (Lipinski definition) is 4. The molecule has 0 aliphatic carbocycles. The molecule has 86 heavy (non-hydrogen) atoms. The molecule has 9 rings (SSSR count). The molecule has 0 saturated carbocycles. The number of nitrogens with one attached hydrogen (secondary N) is 2. The first kappa shape index (κ1) is 64.9. The average Bonchev–Trinajstić information content (AvgIpc) is 1.93. The van der Waals surface area contributed by atoms with Crippen LogP contribution in [0.2, 0.25) is 0 Å². The first-order valence-electron chi connectivity index (χ1n) is 33.7. The summed E-state index contributed by atoms with van der Waals surface area (Å²) in [5.74, 6) is 0. The van der Waals surface area contributed by atoms with E-state index in [0.717, 1.165) is 85.5 Å². The zero-order valence-electron chi connectivity index (χ0n) is 55.7. The molecule has 0 atom stereocenters. The van der Waals surface area contributed by atoms with E-state index in [9.17, 15) is 0 Å². The van der Waals surface area contributed by atoms with E-state index >= 15 is 0 Å². The zero-order valence-corrected chi connectivity index (χ0v) is 57.3. The quantitative estimate of drug-likeness (QED) is 0.0531. The number of nitrogens with zero attached hydrogens (tertiary/aromatic N) is 2. The molecule has 0 amide bonds. The van der Waals surface area contributed by atoms with Gasteiger partial charge in [-0.15, -0.1) is 22.7 Å². The van der Waals surface area contributed by atoms with Crippen LogP contribution in [-0.2, 0) is 34.5 Å². The second-order valence-corrected chi connectivity index (χ2v) is 31.4. The van der Waals surface area contributed by atoms with E-state index in [1.165, 1.54) is 177 Å². The van der Waals surface area contributed by atoms with Gasteiger partial charge in [-0.3, -0.25) is 0 Å². The summed E-state index contributed by atoms with van der Waals surface area (Å²) in [6.07, 6.45) is 38.1. The molecule has 458 valence electrons. The van der Waals surface area contributed by atoms with Crippen molar-refractivity contribution in [3.63, 3.8) is 0 Å². The fourth-order valence-electron chi connectivity index (χ4n) is 12.5. The monoisotopic (exact) mass is 1190 g/mol. The summed E-state index contributed by atoms with van der Waals surface area (Å²) in [5.41, 5.74) is 22.8. The lowest BCUT2D eigenvalue weighted by Crippen LogP contribution is -2.16. The first-order valence-corrected chi connectivity index (χ1v) is 35.5. The van der Waals surface area contributed by atoms with Gasteiger partial charge in [0.25, 0.3) is 0 Å². The summed E-state index contributed by atoms with van der Waals surface area (Å²) in [6, 6.07) is 28.8. The molecule has 0 unspecified atom stereocenters. The van der Waals surface area contributed by atoms with Gasteiger partial charge in [0.05, 0.1) is 22.8 Å². The largest absolute Gasteiger partial charge is 0.354 e. The van der Waals surface area contributed by atoms with Gasteiger partial charge in [0.15, 0.2) is 0 Å². The number of unbranched alkanes of at least 4 members (excludes halogenated alkanes) is 18. The maximum atomic E-state index is 5.81. The van der Waals surface area contributed by atoms with Gasteiger partial charge in [0, 0.05) is 54.1 Å². The van der Waals surface area contributed by atoms with Crippen molar-refractivity contribution in [2.24, 2.45) is 0 Å². The van der Waals surface area contributed by atoms with Gasteiger partial charge in [0.1, 0.15) is 0 Å². The van der Waals surface area contributed by atoms with Crippen molar-refractivity contribution in [1.29, 1.82) is 0 Å². The van der Waals surface area contributed by atoms with Crippen molar-refractivity contribution in [2.75, 3.05) is 0 Å². The first-order chi connectivity index (χ1) is 41.1. The topological polar surface area (TPSA) is 57.4 Å². The van der Waals surface area contributed by atoms with E-state index < -0.39 is 0 Å². The minimum Gasteiger partial charge on any atom is -0.354 e. The van der Waals surface area contributed by atoms with E-state index in [-0.39, 0.29) is 21.7 Å². The average molecular weight is 1190 g/mol. The molecule has 7 aromatic rings. The molecular formula is C80H106N4S2. The molecule has 0 radical (unpaired) electrons. The third-order valence-corrected chi connectivity index (χ3v) is 20.1. The van der Waals surface area contributed by atoms with Gasteiger partial charge in [-0.2, -0.15) is 0 Å². The number of fused-ring (bicyclic) bond motifs is 8. The van der Waals surface area contributed by atoms with Crippen LogP contribution < -0.4 is 0 Å². The Morgan fingerprint density at radius 1 is 0.326 bits per heavy atom. The summed E-state index contributed by atoms with van der Waals surface area (Å²) in [4.78, 5) is 22.4. The van der Waals surface area contributed by atoms with Gasteiger partial charge < -0.3 is 9.97 Å². The second-order valence-electron chi connectivity index (χ2n) is 29.6. The predicted octanol–water partition coefficient (Wildman–Crippen LogP) is 25.6. The molecule has 2 aromatic carbocycles. The lowest BCUT2D eigenvalue weighted by atomic mass is 9.78. The highest BCUT2D eigenvalue weighted by atomic mass is 32.1. The number of benzene rings is 2. The molecule has 0 saturated heterocycles. The lowest BCUT2D eigenvalue weighted by Gasteiger charge is -2.26. The summed E-state index contributed by atoms with van der Waals surface area (Å²) < 4.78 is 0. The Bertz CT molecular complexity index is 3400. The van der Waals surface area contributed by atoms with Crippen molar-refractivity contribution in [3.05, 3.63) is 140 Å². The van der Waals surface area contributed by atoms with Crippen molar-refractivity contribution in [2.45, 2.75) is 260 Å². The molecule has 2 aliphatic rings. The van der Waals surface area contributed by atoms with Crippen LogP contribution >= 0.6 is 22.7 Å². The van der Waals surface area contributed by atoms with Crippen molar-refractivity contribution < 1.29 is 0 Å². The van der Waals surface area contributed by atoms with Crippen LogP contribution in [0.5, 0.6) is 0 Å². The van der Waals surface area contributed by atoms with Gasteiger partial charge >= 0.3 is 0 Å². The van der Waals surface area contributed by atoms with Crippen LogP contribution in [-0.4, -0.2) is 19.9 Å². The van der Waals surface area contributed by atoms with Crippen molar-refractivity contribution in [1.82, 2.24) is 19.9 Å².